The summed E-state index contributed by atoms with van der Waals surface area (Å²) in [7, 11) is 0. The number of nitrogens with zero attached hydrogens (tertiary/aromatic N) is 2. The van der Waals surface area contributed by atoms with E-state index in [4.69, 9.17) is 9.73 Å². The van der Waals surface area contributed by atoms with E-state index in [1.54, 1.807) is 0 Å². The van der Waals surface area contributed by atoms with Gasteiger partial charge in [-0.25, -0.2) is 0 Å². The van der Waals surface area contributed by atoms with Gasteiger partial charge in [0.2, 0.25) is 5.91 Å². The Balaban J connectivity index is 1.42. The minimum absolute atomic E-state index is 0.223. The summed E-state index contributed by atoms with van der Waals surface area (Å²) < 4.78 is 5.37. The lowest BCUT2D eigenvalue weighted by Gasteiger charge is -2.34. The Morgan fingerprint density at radius 3 is 2.75 bits per heavy atom. The van der Waals surface area contributed by atoms with Crippen molar-refractivity contribution in [3.63, 3.8) is 0 Å². The number of amides is 1. The second-order valence-corrected chi connectivity index (χ2v) is 9.05. The van der Waals surface area contributed by atoms with Gasteiger partial charge in [-0.3, -0.25) is 9.79 Å². The molecule has 1 saturated carbocycles. The molecule has 0 bridgehead atoms. The van der Waals surface area contributed by atoms with Gasteiger partial charge in [0.1, 0.15) is 0 Å². The van der Waals surface area contributed by atoms with Crippen LogP contribution in [0.4, 0.5) is 0 Å². The van der Waals surface area contributed by atoms with Gasteiger partial charge in [-0.2, -0.15) is 11.8 Å². The summed E-state index contributed by atoms with van der Waals surface area (Å²) in [6.45, 7) is 7.22. The highest BCUT2D eigenvalue weighted by atomic mass is 32.2. The van der Waals surface area contributed by atoms with Gasteiger partial charge in [-0.05, 0) is 45.4 Å². The molecule has 158 valence electrons. The SMILES string of the molecule is CCNC(=NCCC1=CCOCC1)NC1CCC(C(=O)N2CCSCC2)CC1. The third-order valence-corrected chi connectivity index (χ3v) is 6.79. The number of hydrogen-bond donors (Lipinski definition) is 2. The molecule has 1 aliphatic carbocycles. The Morgan fingerprint density at radius 2 is 2.07 bits per heavy atom. The van der Waals surface area contributed by atoms with Gasteiger partial charge in [-0.15, -0.1) is 0 Å². The molecular formula is C21H36N4O2S. The normalized spacial score (nSPS) is 26.5. The van der Waals surface area contributed by atoms with Crippen molar-refractivity contribution in [1.82, 2.24) is 15.5 Å². The van der Waals surface area contributed by atoms with Crippen LogP contribution in [0.3, 0.4) is 0 Å². The van der Waals surface area contributed by atoms with E-state index in [1.165, 1.54) is 5.57 Å². The highest BCUT2D eigenvalue weighted by molar-refractivity contribution is 7.99. The van der Waals surface area contributed by atoms with Crippen LogP contribution in [-0.4, -0.2) is 73.7 Å². The third kappa shape index (κ3) is 6.69. The third-order valence-electron chi connectivity index (χ3n) is 5.84. The predicted octanol–water partition coefficient (Wildman–Crippen LogP) is 2.41. The molecule has 1 amide bonds. The molecule has 2 heterocycles. The van der Waals surface area contributed by atoms with Crippen molar-refractivity contribution in [2.45, 2.75) is 51.5 Å². The zero-order chi connectivity index (χ0) is 19.6. The quantitative estimate of drug-likeness (QED) is 0.401. The lowest BCUT2D eigenvalue weighted by molar-refractivity contribution is -0.136. The maximum atomic E-state index is 12.7. The largest absolute Gasteiger partial charge is 0.377 e. The molecule has 0 spiro atoms. The van der Waals surface area contributed by atoms with Crippen molar-refractivity contribution in [3.8, 4) is 0 Å². The van der Waals surface area contributed by atoms with Crippen molar-refractivity contribution in [2.24, 2.45) is 10.9 Å². The predicted molar refractivity (Wildman–Crippen MR) is 117 cm³/mol. The molecule has 2 aliphatic heterocycles. The zero-order valence-corrected chi connectivity index (χ0v) is 18.1. The maximum Gasteiger partial charge on any atom is 0.225 e. The van der Waals surface area contributed by atoms with Crippen molar-refractivity contribution in [3.05, 3.63) is 11.6 Å². The van der Waals surface area contributed by atoms with E-state index in [1.807, 2.05) is 11.8 Å². The summed E-state index contributed by atoms with van der Waals surface area (Å²) in [5.41, 5.74) is 1.46. The van der Waals surface area contributed by atoms with Crippen LogP contribution in [0.25, 0.3) is 0 Å². The number of nitrogens with one attached hydrogen (secondary N) is 2. The lowest BCUT2D eigenvalue weighted by atomic mass is 9.85. The number of aliphatic imine (C=N–C) groups is 1. The molecule has 0 unspecified atom stereocenters. The van der Waals surface area contributed by atoms with Crippen molar-refractivity contribution >= 4 is 23.6 Å². The molecule has 1 saturated heterocycles. The van der Waals surface area contributed by atoms with Gasteiger partial charge in [-0.1, -0.05) is 11.6 Å². The highest BCUT2D eigenvalue weighted by Gasteiger charge is 2.30. The Bertz CT molecular complexity index is 553. The van der Waals surface area contributed by atoms with Crippen LogP contribution >= 0.6 is 11.8 Å². The van der Waals surface area contributed by atoms with Crippen LogP contribution in [0.5, 0.6) is 0 Å². The van der Waals surface area contributed by atoms with E-state index in [2.05, 4.69) is 28.5 Å². The number of guanidine groups is 1. The van der Waals surface area contributed by atoms with Crippen LogP contribution in [0, 0.1) is 5.92 Å². The molecule has 7 heteroatoms. The minimum Gasteiger partial charge on any atom is -0.377 e. The first-order valence-corrected chi connectivity index (χ1v) is 12.1. The first-order chi connectivity index (χ1) is 13.8. The average molecular weight is 409 g/mol. The zero-order valence-electron chi connectivity index (χ0n) is 17.3. The van der Waals surface area contributed by atoms with Gasteiger partial charge in [0.25, 0.3) is 0 Å². The molecule has 0 aromatic rings. The molecule has 28 heavy (non-hydrogen) atoms. The van der Waals surface area contributed by atoms with Crippen LogP contribution in [0.15, 0.2) is 16.6 Å². The molecular weight excluding hydrogens is 372 g/mol. The summed E-state index contributed by atoms with van der Waals surface area (Å²) in [5, 5.41) is 6.97. The summed E-state index contributed by atoms with van der Waals surface area (Å²) in [5.74, 6) is 3.72. The number of hydrogen-bond acceptors (Lipinski definition) is 4. The fraction of sp³-hybridized carbons (Fsp3) is 0.810. The monoisotopic (exact) mass is 408 g/mol. The molecule has 3 aliphatic rings. The Hall–Kier alpha value is -1.21. The Morgan fingerprint density at radius 1 is 1.29 bits per heavy atom. The highest BCUT2D eigenvalue weighted by Crippen LogP contribution is 2.27. The van der Waals surface area contributed by atoms with E-state index >= 15 is 0 Å². The van der Waals surface area contributed by atoms with Crippen molar-refractivity contribution in [1.29, 1.82) is 0 Å². The van der Waals surface area contributed by atoms with Gasteiger partial charge < -0.3 is 20.3 Å². The Labute approximate surface area is 173 Å². The van der Waals surface area contributed by atoms with E-state index in [9.17, 15) is 4.79 Å². The maximum absolute atomic E-state index is 12.7. The van der Waals surface area contributed by atoms with Gasteiger partial charge in [0.05, 0.1) is 13.2 Å². The number of thioether (sulfide) groups is 1. The van der Waals surface area contributed by atoms with Crippen LogP contribution < -0.4 is 10.6 Å². The van der Waals surface area contributed by atoms with E-state index < -0.39 is 0 Å². The van der Waals surface area contributed by atoms with Gasteiger partial charge in [0, 0.05) is 49.6 Å². The summed E-state index contributed by atoms with van der Waals surface area (Å²) in [4.78, 5) is 19.6. The summed E-state index contributed by atoms with van der Waals surface area (Å²) in [6, 6.07) is 0.418. The summed E-state index contributed by atoms with van der Waals surface area (Å²) >= 11 is 1.96. The molecule has 2 fully saturated rings. The standard InChI is InChI=1S/C21H36N4O2S/c1-2-22-21(23-10-7-17-8-13-27-14-9-17)24-19-5-3-18(4-6-19)20(26)25-11-15-28-16-12-25/h8,18-19H,2-7,9-16H2,1H3,(H2,22,23,24). The average Bonchev–Trinajstić information content (AvgIpc) is 2.75. The van der Waals surface area contributed by atoms with E-state index in [-0.39, 0.29) is 5.92 Å². The number of ether oxygens (including phenoxy) is 1. The molecule has 0 aromatic carbocycles. The van der Waals surface area contributed by atoms with Crippen molar-refractivity contribution < 1.29 is 9.53 Å². The van der Waals surface area contributed by atoms with Gasteiger partial charge in [0.15, 0.2) is 5.96 Å². The lowest BCUT2D eigenvalue weighted by Crippen LogP contribution is -2.47. The fourth-order valence-electron chi connectivity index (χ4n) is 4.14. The van der Waals surface area contributed by atoms with Crippen molar-refractivity contribution in [2.75, 3.05) is 50.9 Å². The topological polar surface area (TPSA) is 66.0 Å². The first kappa shape index (κ1) is 21.5. The molecule has 6 nitrogen and oxygen atoms in total. The minimum atomic E-state index is 0.223. The fourth-order valence-corrected chi connectivity index (χ4v) is 5.05. The second-order valence-electron chi connectivity index (χ2n) is 7.83. The Kier molecular flexibility index (Phi) is 8.99. The van der Waals surface area contributed by atoms with Crippen LogP contribution in [0.1, 0.15) is 45.4 Å². The molecule has 0 atom stereocenters. The molecule has 0 aromatic heterocycles. The number of carbonyl (C=O) groups is 1. The summed E-state index contributed by atoms with van der Waals surface area (Å²) in [6.07, 6.45) is 8.32. The molecule has 2 N–H and O–H groups in total. The number of carbonyl (C=O) groups excluding carboxylic acids is 1. The molecule has 3 rings (SSSR count). The number of rotatable bonds is 6. The van der Waals surface area contributed by atoms with E-state index in [0.29, 0.717) is 11.9 Å². The van der Waals surface area contributed by atoms with E-state index in [0.717, 1.165) is 95.4 Å². The van der Waals surface area contributed by atoms with Crippen LogP contribution in [0.2, 0.25) is 0 Å². The van der Waals surface area contributed by atoms with Crippen LogP contribution in [-0.2, 0) is 9.53 Å². The first-order valence-electron chi connectivity index (χ1n) is 10.9. The molecule has 0 radical (unpaired) electrons. The second kappa shape index (κ2) is 11.7. The van der Waals surface area contributed by atoms with Gasteiger partial charge >= 0.3 is 0 Å². The smallest absolute Gasteiger partial charge is 0.225 e.